The summed E-state index contributed by atoms with van der Waals surface area (Å²) in [5.74, 6) is -0.0968. The van der Waals surface area contributed by atoms with Crippen LogP contribution in [0.5, 0.6) is 0 Å². The van der Waals surface area contributed by atoms with Gasteiger partial charge in [-0.15, -0.1) is 0 Å². The van der Waals surface area contributed by atoms with E-state index in [2.05, 4.69) is 10.1 Å². The van der Waals surface area contributed by atoms with Gasteiger partial charge in [0, 0.05) is 50.3 Å². The minimum atomic E-state index is -4.40. The normalized spacial score (nSPS) is 11.7. The minimum Gasteiger partial charge on any atom is -0.337 e. The van der Waals surface area contributed by atoms with Gasteiger partial charge in [-0.05, 0) is 79.1 Å². The Balaban J connectivity index is 1.38. The van der Waals surface area contributed by atoms with E-state index in [4.69, 9.17) is 0 Å². The Bertz CT molecular complexity index is 1940. The molecule has 2 heterocycles. The van der Waals surface area contributed by atoms with Gasteiger partial charge in [-0.1, -0.05) is 60.3 Å². The predicted molar refractivity (Wildman–Crippen MR) is 186 cm³/mol. The topological polar surface area (TPSA) is 76.3 Å². The molecule has 0 saturated heterocycles. The molecule has 0 radical (unpaired) electrons. The summed E-state index contributed by atoms with van der Waals surface area (Å²) in [6.45, 7) is 1.49. The number of hydrogen-bond donors (Lipinski definition) is 0. The Morgan fingerprint density at radius 1 is 0.860 bits per heavy atom. The second kappa shape index (κ2) is 16.3. The van der Waals surface area contributed by atoms with Crippen LogP contribution < -0.4 is 5.56 Å². The monoisotopic (exact) mass is 706 g/mol. The first-order valence-corrected chi connectivity index (χ1v) is 17.0. The number of aryl methyl sites for hydroxylation is 1. The highest BCUT2D eigenvalue weighted by Gasteiger charge is 2.30. The Kier molecular flexibility index (Phi) is 11.9. The predicted octanol–water partition coefficient (Wildman–Crippen LogP) is 6.67. The van der Waals surface area contributed by atoms with E-state index >= 15 is 0 Å². The maximum absolute atomic E-state index is 14.0. The molecule has 8 nitrogen and oxygen atoms in total. The van der Waals surface area contributed by atoms with Crippen LogP contribution in [-0.4, -0.2) is 62.2 Å². The molecule has 5 aromatic rings. The molecule has 0 N–H and O–H groups in total. The standard InChI is InChI=1S/C37H38F4N6O2S/c1-44(2)17-4-18-46(22-26-5-9-29(10-6-26)30-11-13-32(14-12-30)37(39,40)41)34(48)24-47-23-31(19-28-20-42-45(3)21-28)35(49)43-36(47)50-25-27-7-15-33(38)16-8-27/h5-16,20-21,23H,4,17-19,22,24-25H2,1-3H3. The van der Waals surface area contributed by atoms with E-state index in [1.165, 1.54) is 36.0 Å². The molecule has 262 valence electrons. The fourth-order valence-electron chi connectivity index (χ4n) is 5.37. The third-order valence-corrected chi connectivity index (χ3v) is 9.09. The molecule has 3 aromatic carbocycles. The number of carbonyl (C=O) groups excluding carboxylic acids is 1. The van der Waals surface area contributed by atoms with Crippen LogP contribution in [-0.2, 0) is 43.3 Å². The van der Waals surface area contributed by atoms with Gasteiger partial charge in [0.25, 0.3) is 5.56 Å². The smallest absolute Gasteiger partial charge is 0.337 e. The SMILES string of the molecule is CN(C)CCCN(Cc1ccc(-c2ccc(C(F)(F)F)cc2)cc1)C(=O)Cn1cc(Cc2cnn(C)c2)c(=O)nc1SCc1ccc(F)cc1. The van der Waals surface area contributed by atoms with Crippen molar-refractivity contribution < 1.29 is 22.4 Å². The highest BCUT2D eigenvalue weighted by atomic mass is 32.2. The summed E-state index contributed by atoms with van der Waals surface area (Å²) in [7, 11) is 5.72. The van der Waals surface area contributed by atoms with Gasteiger partial charge in [0.1, 0.15) is 12.4 Å². The van der Waals surface area contributed by atoms with Gasteiger partial charge < -0.3 is 14.4 Å². The number of alkyl halides is 3. The fraction of sp³-hybridized carbons (Fsp3) is 0.297. The highest BCUT2D eigenvalue weighted by molar-refractivity contribution is 7.98. The molecule has 0 fully saturated rings. The van der Waals surface area contributed by atoms with Crippen molar-refractivity contribution >= 4 is 17.7 Å². The van der Waals surface area contributed by atoms with Gasteiger partial charge in [-0.3, -0.25) is 14.3 Å². The molecule has 0 bridgehead atoms. The Labute approximate surface area is 292 Å². The lowest BCUT2D eigenvalue weighted by atomic mass is 10.0. The summed E-state index contributed by atoms with van der Waals surface area (Å²) >= 11 is 1.29. The van der Waals surface area contributed by atoms with Crippen LogP contribution >= 0.6 is 11.8 Å². The zero-order valence-electron chi connectivity index (χ0n) is 28.0. The number of carbonyl (C=O) groups is 1. The second-order valence-electron chi connectivity index (χ2n) is 12.3. The molecule has 0 spiro atoms. The van der Waals surface area contributed by atoms with Crippen LogP contribution in [0.25, 0.3) is 11.1 Å². The van der Waals surface area contributed by atoms with Crippen LogP contribution in [0.15, 0.2) is 101 Å². The molecular weight excluding hydrogens is 669 g/mol. The van der Waals surface area contributed by atoms with Crippen molar-refractivity contribution in [2.24, 2.45) is 7.05 Å². The lowest BCUT2D eigenvalue weighted by Crippen LogP contribution is -2.36. The number of amides is 1. The molecular formula is C37H38F4N6O2S. The van der Waals surface area contributed by atoms with Gasteiger partial charge >= 0.3 is 6.18 Å². The van der Waals surface area contributed by atoms with E-state index in [0.29, 0.717) is 41.5 Å². The van der Waals surface area contributed by atoms with Gasteiger partial charge in [-0.2, -0.15) is 23.3 Å². The number of nitrogens with zero attached hydrogens (tertiary/aromatic N) is 6. The van der Waals surface area contributed by atoms with Crippen molar-refractivity contribution in [2.45, 2.75) is 43.0 Å². The number of halogens is 4. The van der Waals surface area contributed by atoms with Crippen molar-refractivity contribution in [3.05, 3.63) is 135 Å². The van der Waals surface area contributed by atoms with Crippen molar-refractivity contribution in [3.63, 3.8) is 0 Å². The number of hydrogen-bond acceptors (Lipinski definition) is 6. The van der Waals surface area contributed by atoms with E-state index in [-0.39, 0.29) is 18.3 Å². The van der Waals surface area contributed by atoms with Crippen molar-refractivity contribution in [1.82, 2.24) is 29.1 Å². The van der Waals surface area contributed by atoms with Gasteiger partial charge in [0.15, 0.2) is 5.16 Å². The largest absolute Gasteiger partial charge is 0.416 e. The van der Waals surface area contributed by atoms with Crippen molar-refractivity contribution in [1.29, 1.82) is 0 Å². The molecule has 50 heavy (non-hydrogen) atoms. The Morgan fingerprint density at radius 3 is 2.10 bits per heavy atom. The van der Waals surface area contributed by atoms with Gasteiger partial charge in [0.05, 0.1) is 11.8 Å². The first-order valence-electron chi connectivity index (χ1n) is 16.0. The van der Waals surface area contributed by atoms with Crippen LogP contribution in [0.2, 0.25) is 0 Å². The van der Waals surface area contributed by atoms with Crippen LogP contribution in [0.1, 0.15) is 34.2 Å². The van der Waals surface area contributed by atoms with Gasteiger partial charge in [0.2, 0.25) is 5.91 Å². The molecule has 13 heteroatoms. The summed E-state index contributed by atoms with van der Waals surface area (Å²) in [4.78, 5) is 35.4. The third kappa shape index (κ3) is 10.1. The first-order chi connectivity index (χ1) is 23.8. The fourth-order valence-corrected chi connectivity index (χ4v) is 6.29. The average molecular weight is 707 g/mol. The molecule has 0 atom stereocenters. The van der Waals surface area contributed by atoms with Crippen LogP contribution in [0.3, 0.4) is 0 Å². The maximum Gasteiger partial charge on any atom is 0.416 e. The summed E-state index contributed by atoms with van der Waals surface area (Å²) in [5, 5.41) is 4.56. The molecule has 5 rings (SSSR count). The van der Waals surface area contributed by atoms with Crippen LogP contribution in [0, 0.1) is 5.82 Å². The van der Waals surface area contributed by atoms with Crippen molar-refractivity contribution in [2.75, 3.05) is 27.2 Å². The first kappa shape index (κ1) is 36.5. The minimum absolute atomic E-state index is 0.0648. The summed E-state index contributed by atoms with van der Waals surface area (Å²) in [6, 6.07) is 18.5. The summed E-state index contributed by atoms with van der Waals surface area (Å²) in [5.41, 5.74) is 3.28. The lowest BCUT2D eigenvalue weighted by Gasteiger charge is -2.25. The number of benzene rings is 3. The molecule has 0 aliphatic carbocycles. The van der Waals surface area contributed by atoms with E-state index in [1.54, 1.807) is 45.7 Å². The third-order valence-electron chi connectivity index (χ3n) is 8.03. The zero-order chi connectivity index (χ0) is 35.8. The number of thioether (sulfide) groups is 1. The average Bonchev–Trinajstić information content (AvgIpc) is 3.49. The number of aromatic nitrogens is 4. The second-order valence-corrected chi connectivity index (χ2v) is 13.3. The van der Waals surface area contributed by atoms with Gasteiger partial charge in [-0.25, -0.2) is 4.39 Å². The molecule has 0 saturated carbocycles. The number of rotatable bonds is 14. The lowest BCUT2D eigenvalue weighted by molar-refractivity contribution is -0.137. The van der Waals surface area contributed by atoms with E-state index in [9.17, 15) is 27.2 Å². The summed E-state index contributed by atoms with van der Waals surface area (Å²) in [6.07, 6.45) is 1.81. The van der Waals surface area contributed by atoms with E-state index in [1.807, 2.05) is 49.5 Å². The molecule has 0 aliphatic heterocycles. The zero-order valence-corrected chi connectivity index (χ0v) is 28.8. The summed E-state index contributed by atoms with van der Waals surface area (Å²) < 4.78 is 56.0. The highest BCUT2D eigenvalue weighted by Crippen LogP contribution is 2.31. The molecule has 0 unspecified atom stereocenters. The quantitative estimate of drug-likeness (QED) is 0.0731. The van der Waals surface area contributed by atoms with E-state index < -0.39 is 17.3 Å². The van der Waals surface area contributed by atoms with E-state index in [0.717, 1.165) is 47.4 Å². The van der Waals surface area contributed by atoms with Crippen LogP contribution in [0.4, 0.5) is 17.6 Å². The Hall–Kier alpha value is -4.75. The van der Waals surface area contributed by atoms with Crippen molar-refractivity contribution in [3.8, 4) is 11.1 Å². The molecule has 1 amide bonds. The molecule has 0 aliphatic rings. The molecule has 2 aromatic heterocycles. The maximum atomic E-state index is 14.0. The Morgan fingerprint density at radius 2 is 1.50 bits per heavy atom.